The first kappa shape index (κ1) is 29.2. The molecule has 2 aliphatic heterocycles. The smallest absolute Gasteiger partial charge is 0.338 e. The van der Waals surface area contributed by atoms with Crippen molar-refractivity contribution in [3.8, 4) is 5.75 Å². The van der Waals surface area contributed by atoms with Crippen molar-refractivity contribution in [3.63, 3.8) is 0 Å². The number of carbonyl (C=O) groups is 1. The number of thiazole rings is 1. The highest BCUT2D eigenvalue weighted by Crippen LogP contribution is 2.33. The van der Waals surface area contributed by atoms with Gasteiger partial charge in [-0.1, -0.05) is 30.4 Å². The molecule has 42 heavy (non-hydrogen) atoms. The summed E-state index contributed by atoms with van der Waals surface area (Å²) >= 11 is 1.19. The highest BCUT2D eigenvalue weighted by atomic mass is 32.1. The first-order chi connectivity index (χ1) is 20.1. The van der Waals surface area contributed by atoms with Crippen LogP contribution in [0.15, 0.2) is 63.5 Å². The fourth-order valence-electron chi connectivity index (χ4n) is 5.44. The second kappa shape index (κ2) is 11.9. The number of ether oxygens (including phenoxy) is 2. The number of allylic oxidation sites excluding steroid dienone is 1. The number of methoxy groups -OCH3 is 1. The number of hydrogen-bond acceptors (Lipinski definition) is 9. The molecule has 10 nitrogen and oxygen atoms in total. The van der Waals surface area contributed by atoms with Crippen molar-refractivity contribution >= 4 is 34.8 Å². The topological polar surface area (TPSA) is 116 Å². The van der Waals surface area contributed by atoms with E-state index >= 15 is 0 Å². The summed E-state index contributed by atoms with van der Waals surface area (Å²) in [5.41, 5.74) is 2.45. The molecule has 220 valence electrons. The van der Waals surface area contributed by atoms with Crippen molar-refractivity contribution in [1.82, 2.24) is 4.57 Å². The summed E-state index contributed by atoms with van der Waals surface area (Å²) < 4.78 is 12.9. The quantitative estimate of drug-likeness (QED) is 0.228. The predicted octanol–water partition coefficient (Wildman–Crippen LogP) is 4.34. The van der Waals surface area contributed by atoms with Gasteiger partial charge >= 0.3 is 5.97 Å². The number of carbonyl (C=O) groups excluding carboxylic acids is 1. The molecule has 0 N–H and O–H groups in total. The summed E-state index contributed by atoms with van der Waals surface area (Å²) in [5.74, 6) is 0.648. The van der Waals surface area contributed by atoms with Gasteiger partial charge in [0.2, 0.25) is 0 Å². The Morgan fingerprint density at radius 3 is 2.60 bits per heavy atom. The van der Waals surface area contributed by atoms with E-state index in [1.807, 2.05) is 6.07 Å². The first-order valence-corrected chi connectivity index (χ1v) is 14.8. The summed E-state index contributed by atoms with van der Waals surface area (Å²) in [6.45, 7) is 9.15. The second-order valence-electron chi connectivity index (χ2n) is 11.0. The molecule has 1 fully saturated rings. The zero-order valence-electron chi connectivity index (χ0n) is 24.3. The molecule has 1 saturated heterocycles. The van der Waals surface area contributed by atoms with Gasteiger partial charge in [0.15, 0.2) is 4.80 Å². The highest BCUT2D eigenvalue weighted by molar-refractivity contribution is 7.07. The zero-order valence-corrected chi connectivity index (χ0v) is 25.1. The van der Waals surface area contributed by atoms with Crippen molar-refractivity contribution in [2.75, 3.05) is 25.1 Å². The Labute approximate surface area is 247 Å². The van der Waals surface area contributed by atoms with E-state index in [-0.39, 0.29) is 22.9 Å². The maximum atomic E-state index is 14.1. The molecule has 0 radical (unpaired) electrons. The van der Waals surface area contributed by atoms with Crippen LogP contribution in [-0.2, 0) is 9.53 Å². The molecule has 11 heteroatoms. The largest absolute Gasteiger partial charge is 0.497 e. The number of nitro groups is 1. The van der Waals surface area contributed by atoms with E-state index in [9.17, 15) is 19.7 Å². The summed E-state index contributed by atoms with van der Waals surface area (Å²) in [5, 5.41) is 11.7. The number of fused-ring (bicyclic) bond motifs is 1. The van der Waals surface area contributed by atoms with Crippen LogP contribution in [0.5, 0.6) is 5.75 Å². The van der Waals surface area contributed by atoms with Crippen LogP contribution in [0.4, 0.5) is 11.4 Å². The van der Waals surface area contributed by atoms with Gasteiger partial charge in [-0.15, -0.1) is 0 Å². The van der Waals surface area contributed by atoms with Crippen LogP contribution in [0.3, 0.4) is 0 Å². The number of esters is 1. The maximum Gasteiger partial charge on any atom is 0.338 e. The molecule has 0 unspecified atom stereocenters. The number of non-ortho nitro benzene ring substituents is 1. The lowest BCUT2D eigenvalue weighted by Gasteiger charge is -2.33. The minimum Gasteiger partial charge on any atom is -0.497 e. The first-order valence-electron chi connectivity index (χ1n) is 14.0. The Morgan fingerprint density at radius 2 is 1.93 bits per heavy atom. The molecule has 0 amide bonds. The molecule has 2 aliphatic rings. The zero-order chi connectivity index (χ0) is 30.1. The molecule has 3 aromatic rings. The number of aromatic nitrogens is 1. The summed E-state index contributed by atoms with van der Waals surface area (Å²) in [4.78, 5) is 46.0. The van der Waals surface area contributed by atoms with Crippen LogP contribution in [0.2, 0.25) is 0 Å². The number of benzene rings is 2. The van der Waals surface area contributed by atoms with Crippen molar-refractivity contribution < 1.29 is 19.2 Å². The van der Waals surface area contributed by atoms with Gasteiger partial charge in [0, 0.05) is 36.5 Å². The third-order valence-electron chi connectivity index (χ3n) is 7.63. The van der Waals surface area contributed by atoms with Gasteiger partial charge in [0.05, 0.1) is 40.0 Å². The summed E-state index contributed by atoms with van der Waals surface area (Å²) in [7, 11) is 1.55. The number of nitro benzene ring substituents is 1. The average Bonchev–Trinajstić information content (AvgIpc) is 3.26. The molecule has 2 aromatic carbocycles. The van der Waals surface area contributed by atoms with E-state index in [4.69, 9.17) is 9.47 Å². The molecule has 1 atom stereocenters. The lowest BCUT2D eigenvalue weighted by Crippen LogP contribution is -2.40. The van der Waals surface area contributed by atoms with E-state index in [1.165, 1.54) is 28.0 Å². The number of nitrogens with zero attached hydrogens (tertiary/aromatic N) is 4. The van der Waals surface area contributed by atoms with E-state index in [0.717, 1.165) is 31.6 Å². The molecule has 0 spiro atoms. The standard InChI is InChI=1S/C31H34N4O6S/c1-18(2)41-30(37)27-20(4)32-31-34(28(27)21-7-6-8-24(16-21)40-5)29(36)26(42-31)17-22-15-23(35(38)39)9-10-25(22)33-13-11-19(3)12-14-33/h6-10,15-19,28H,11-14H2,1-5H3/b26-17-/t28-/m1/s1. The SMILES string of the molecule is COc1cccc([C@@H]2C(C(=O)OC(C)C)=C(C)N=c3s/c(=C\c4cc([N+](=O)[O-])ccc4N4CCC(C)CC4)c(=O)n32)c1. The van der Waals surface area contributed by atoms with Crippen molar-refractivity contribution in [2.24, 2.45) is 10.9 Å². The van der Waals surface area contributed by atoms with Crippen LogP contribution in [0, 0.1) is 16.0 Å². The second-order valence-corrected chi connectivity index (χ2v) is 12.0. The molecule has 3 heterocycles. The number of anilines is 1. The number of piperidine rings is 1. The van der Waals surface area contributed by atoms with Gasteiger partial charge < -0.3 is 14.4 Å². The Morgan fingerprint density at radius 1 is 1.19 bits per heavy atom. The lowest BCUT2D eigenvalue weighted by molar-refractivity contribution is -0.384. The van der Waals surface area contributed by atoms with Crippen LogP contribution in [0.1, 0.15) is 57.7 Å². The van der Waals surface area contributed by atoms with Crippen molar-refractivity contribution in [3.05, 3.63) is 94.7 Å². The van der Waals surface area contributed by atoms with E-state index in [0.29, 0.717) is 37.8 Å². The fourth-order valence-corrected chi connectivity index (χ4v) is 6.47. The molecule has 1 aromatic heterocycles. The van der Waals surface area contributed by atoms with Gasteiger partial charge in [-0.3, -0.25) is 19.5 Å². The van der Waals surface area contributed by atoms with Crippen molar-refractivity contribution in [1.29, 1.82) is 0 Å². The number of rotatable bonds is 7. The normalized spacial score (nSPS) is 17.7. The molecular weight excluding hydrogens is 556 g/mol. The summed E-state index contributed by atoms with van der Waals surface area (Å²) in [6.07, 6.45) is 3.39. The molecular formula is C31H34N4O6S. The number of hydrogen-bond donors (Lipinski definition) is 0. The average molecular weight is 591 g/mol. The van der Waals surface area contributed by atoms with Gasteiger partial charge in [-0.2, -0.15) is 0 Å². The minimum absolute atomic E-state index is 0.0491. The molecule has 0 aliphatic carbocycles. The Hall–Kier alpha value is -4.25. The Balaban J connectivity index is 1.70. The molecule has 0 bridgehead atoms. The van der Waals surface area contributed by atoms with Gasteiger partial charge in [-0.25, -0.2) is 9.79 Å². The van der Waals surface area contributed by atoms with Gasteiger partial charge in [0.1, 0.15) is 5.75 Å². The predicted molar refractivity (Wildman–Crippen MR) is 162 cm³/mol. The third-order valence-corrected chi connectivity index (χ3v) is 8.61. The molecule has 0 saturated carbocycles. The van der Waals surface area contributed by atoms with E-state index in [2.05, 4.69) is 16.8 Å². The highest BCUT2D eigenvalue weighted by Gasteiger charge is 2.34. The maximum absolute atomic E-state index is 14.1. The van der Waals surface area contributed by atoms with E-state index in [1.54, 1.807) is 58.2 Å². The van der Waals surface area contributed by atoms with Gasteiger partial charge in [0.25, 0.3) is 11.2 Å². The Bertz CT molecular complexity index is 1750. The minimum atomic E-state index is -0.794. The lowest BCUT2D eigenvalue weighted by atomic mass is 9.95. The van der Waals surface area contributed by atoms with Crippen LogP contribution >= 0.6 is 11.3 Å². The van der Waals surface area contributed by atoms with Crippen LogP contribution < -0.4 is 24.5 Å². The van der Waals surface area contributed by atoms with Crippen LogP contribution in [0.25, 0.3) is 6.08 Å². The summed E-state index contributed by atoms with van der Waals surface area (Å²) in [6, 6.07) is 11.2. The molecule has 5 rings (SSSR count). The monoisotopic (exact) mass is 590 g/mol. The van der Waals surface area contributed by atoms with Crippen LogP contribution in [-0.4, -0.2) is 41.8 Å². The van der Waals surface area contributed by atoms with Gasteiger partial charge in [-0.05, 0) is 69.4 Å². The third kappa shape index (κ3) is 5.74. The Kier molecular flexibility index (Phi) is 8.31. The van der Waals surface area contributed by atoms with Crippen molar-refractivity contribution in [2.45, 2.75) is 52.7 Å². The van der Waals surface area contributed by atoms with E-state index < -0.39 is 16.9 Å². The fraction of sp³-hybridized carbons (Fsp3) is 0.387.